The van der Waals surface area contributed by atoms with Crippen molar-refractivity contribution < 1.29 is 37.4 Å². The summed E-state index contributed by atoms with van der Waals surface area (Å²) in [6, 6.07) is 12.1. The SMILES string of the molecule is Fc1ccccc1CN(Cc1ccccc1C(F)(F)F)[C@H]1CCNC1.O=C(O)C=CC(=O)O. The van der Waals surface area contributed by atoms with Crippen LogP contribution in [0.4, 0.5) is 17.6 Å². The van der Waals surface area contributed by atoms with E-state index in [0.717, 1.165) is 19.0 Å². The second kappa shape index (κ2) is 12.1. The van der Waals surface area contributed by atoms with Gasteiger partial charge in [0.15, 0.2) is 0 Å². The molecule has 0 unspecified atom stereocenters. The summed E-state index contributed by atoms with van der Waals surface area (Å²) in [6.45, 7) is 1.93. The van der Waals surface area contributed by atoms with Gasteiger partial charge in [0.1, 0.15) is 5.82 Å². The van der Waals surface area contributed by atoms with E-state index < -0.39 is 23.7 Å². The molecular formula is C23H24F4N2O4. The van der Waals surface area contributed by atoms with Gasteiger partial charge in [0.2, 0.25) is 0 Å². The van der Waals surface area contributed by atoms with E-state index in [0.29, 0.717) is 24.3 Å². The van der Waals surface area contributed by atoms with Gasteiger partial charge in [-0.1, -0.05) is 36.4 Å². The number of nitrogens with one attached hydrogen (secondary N) is 1. The van der Waals surface area contributed by atoms with E-state index in [9.17, 15) is 27.2 Å². The summed E-state index contributed by atoms with van der Waals surface area (Å²) < 4.78 is 53.9. The van der Waals surface area contributed by atoms with Crippen LogP contribution in [-0.2, 0) is 28.9 Å². The number of benzene rings is 2. The summed E-state index contributed by atoms with van der Waals surface area (Å²) in [4.78, 5) is 21.0. The number of nitrogens with zero attached hydrogens (tertiary/aromatic N) is 1. The molecule has 178 valence electrons. The first kappa shape index (κ1) is 26.0. The molecule has 0 amide bonds. The molecule has 0 aliphatic carbocycles. The zero-order chi connectivity index (χ0) is 24.4. The molecule has 2 aromatic carbocycles. The van der Waals surface area contributed by atoms with Gasteiger partial charge in [0.25, 0.3) is 0 Å². The summed E-state index contributed by atoms with van der Waals surface area (Å²) in [6.07, 6.45) is -2.44. The molecule has 33 heavy (non-hydrogen) atoms. The molecule has 3 rings (SSSR count). The smallest absolute Gasteiger partial charge is 0.416 e. The number of rotatable bonds is 7. The predicted molar refractivity (Wildman–Crippen MR) is 113 cm³/mol. The number of carboxylic acid groups (broad SMARTS) is 2. The van der Waals surface area contributed by atoms with Crippen LogP contribution >= 0.6 is 0 Å². The Hall–Kier alpha value is -3.24. The normalized spacial score (nSPS) is 16.0. The summed E-state index contributed by atoms with van der Waals surface area (Å²) >= 11 is 0. The van der Waals surface area contributed by atoms with Crippen molar-refractivity contribution in [3.8, 4) is 0 Å². The molecular weight excluding hydrogens is 444 g/mol. The quantitative estimate of drug-likeness (QED) is 0.422. The number of carboxylic acids is 2. The van der Waals surface area contributed by atoms with Crippen LogP contribution < -0.4 is 5.32 Å². The van der Waals surface area contributed by atoms with Gasteiger partial charge < -0.3 is 15.5 Å². The second-order valence-corrected chi connectivity index (χ2v) is 7.31. The van der Waals surface area contributed by atoms with Crippen LogP contribution in [0, 0.1) is 5.82 Å². The van der Waals surface area contributed by atoms with E-state index >= 15 is 0 Å². The van der Waals surface area contributed by atoms with Crippen LogP contribution in [0.15, 0.2) is 60.7 Å². The Morgan fingerprint density at radius 1 is 0.970 bits per heavy atom. The van der Waals surface area contributed by atoms with E-state index in [2.05, 4.69) is 5.32 Å². The Labute approximate surface area is 188 Å². The molecule has 2 aromatic rings. The Kier molecular flexibility index (Phi) is 9.56. The lowest BCUT2D eigenvalue weighted by Gasteiger charge is -2.29. The van der Waals surface area contributed by atoms with Gasteiger partial charge in [0, 0.05) is 43.4 Å². The van der Waals surface area contributed by atoms with Gasteiger partial charge >= 0.3 is 18.1 Å². The van der Waals surface area contributed by atoms with Crippen LogP contribution in [0.3, 0.4) is 0 Å². The average Bonchev–Trinajstić information content (AvgIpc) is 3.28. The van der Waals surface area contributed by atoms with Gasteiger partial charge in [-0.05, 0) is 30.7 Å². The standard InChI is InChI=1S/C19H20F4N2.C4H4O4/c20-18-8-4-2-6-15(18)13-25(16-9-10-24-11-16)12-14-5-1-3-7-17(14)19(21,22)23;5-3(6)1-2-4(7)8/h1-8,16,24H,9-13H2;1-2H,(H,5,6)(H,7,8)/t16-;/m0./s1. The van der Waals surface area contributed by atoms with E-state index in [1.165, 1.54) is 18.2 Å². The van der Waals surface area contributed by atoms with Crippen molar-refractivity contribution in [2.45, 2.75) is 31.7 Å². The van der Waals surface area contributed by atoms with Crippen LogP contribution in [-0.4, -0.2) is 46.2 Å². The van der Waals surface area contributed by atoms with Crippen LogP contribution in [0.2, 0.25) is 0 Å². The third-order valence-corrected chi connectivity index (χ3v) is 4.95. The number of alkyl halides is 3. The molecule has 1 heterocycles. The molecule has 3 N–H and O–H groups in total. The molecule has 1 atom stereocenters. The van der Waals surface area contributed by atoms with Gasteiger partial charge in [-0.3, -0.25) is 4.90 Å². The molecule has 0 saturated carbocycles. The molecule has 0 aromatic heterocycles. The van der Waals surface area contributed by atoms with E-state index in [4.69, 9.17) is 10.2 Å². The minimum atomic E-state index is -4.39. The third kappa shape index (κ3) is 8.66. The predicted octanol–water partition coefficient (Wildman–Crippen LogP) is 3.92. The average molecular weight is 468 g/mol. The summed E-state index contributed by atoms with van der Waals surface area (Å²) in [5, 5.41) is 18.9. The molecule has 1 fully saturated rings. The monoisotopic (exact) mass is 468 g/mol. The highest BCUT2D eigenvalue weighted by atomic mass is 19.4. The minimum Gasteiger partial charge on any atom is -0.478 e. The largest absolute Gasteiger partial charge is 0.478 e. The van der Waals surface area contributed by atoms with Crippen molar-refractivity contribution in [2.24, 2.45) is 0 Å². The van der Waals surface area contributed by atoms with E-state index in [1.54, 1.807) is 24.3 Å². The Bertz CT molecular complexity index is 957. The molecule has 0 spiro atoms. The highest BCUT2D eigenvalue weighted by molar-refractivity contribution is 5.89. The number of aliphatic carboxylic acids is 2. The first-order valence-corrected chi connectivity index (χ1v) is 10.0. The fraction of sp³-hybridized carbons (Fsp3) is 0.304. The van der Waals surface area contributed by atoms with Crippen molar-refractivity contribution in [3.63, 3.8) is 0 Å². The molecule has 0 bridgehead atoms. The third-order valence-electron chi connectivity index (χ3n) is 4.95. The summed E-state index contributed by atoms with van der Waals surface area (Å²) in [5.41, 5.74) is 0.0941. The zero-order valence-electron chi connectivity index (χ0n) is 17.6. The second-order valence-electron chi connectivity index (χ2n) is 7.31. The van der Waals surface area contributed by atoms with Gasteiger partial charge in [-0.15, -0.1) is 0 Å². The number of hydrogen-bond acceptors (Lipinski definition) is 4. The van der Waals surface area contributed by atoms with Crippen molar-refractivity contribution >= 4 is 11.9 Å². The van der Waals surface area contributed by atoms with Gasteiger partial charge in [0.05, 0.1) is 5.56 Å². The fourth-order valence-corrected chi connectivity index (χ4v) is 3.41. The first-order chi connectivity index (χ1) is 15.6. The van der Waals surface area contributed by atoms with Crippen LogP contribution in [0.25, 0.3) is 0 Å². The fourth-order valence-electron chi connectivity index (χ4n) is 3.41. The Morgan fingerprint density at radius 3 is 2.03 bits per heavy atom. The highest BCUT2D eigenvalue weighted by Crippen LogP contribution is 2.33. The molecule has 1 aliphatic heterocycles. The zero-order valence-corrected chi connectivity index (χ0v) is 17.6. The van der Waals surface area contributed by atoms with Crippen molar-refractivity contribution in [1.82, 2.24) is 10.2 Å². The van der Waals surface area contributed by atoms with Gasteiger partial charge in [-0.25, -0.2) is 14.0 Å². The maximum Gasteiger partial charge on any atom is 0.416 e. The molecule has 1 saturated heterocycles. The Morgan fingerprint density at radius 2 is 1.52 bits per heavy atom. The molecule has 10 heteroatoms. The topological polar surface area (TPSA) is 89.9 Å². The molecule has 0 radical (unpaired) electrons. The minimum absolute atomic E-state index is 0.0842. The number of carbonyl (C=O) groups is 2. The molecule has 6 nitrogen and oxygen atoms in total. The Balaban J connectivity index is 0.000000414. The maximum absolute atomic E-state index is 14.0. The van der Waals surface area contributed by atoms with Crippen molar-refractivity contribution in [3.05, 3.63) is 83.2 Å². The molecule has 1 aliphatic rings. The lowest BCUT2D eigenvalue weighted by molar-refractivity contribution is -0.138. The van der Waals surface area contributed by atoms with E-state index in [1.807, 2.05) is 4.90 Å². The van der Waals surface area contributed by atoms with Crippen LogP contribution in [0.1, 0.15) is 23.1 Å². The lowest BCUT2D eigenvalue weighted by atomic mass is 10.0. The van der Waals surface area contributed by atoms with Crippen molar-refractivity contribution in [2.75, 3.05) is 13.1 Å². The number of halogens is 4. The summed E-state index contributed by atoms with van der Waals surface area (Å²) in [7, 11) is 0. The lowest BCUT2D eigenvalue weighted by Crippen LogP contribution is -2.36. The van der Waals surface area contributed by atoms with Crippen LogP contribution in [0.5, 0.6) is 0 Å². The first-order valence-electron chi connectivity index (χ1n) is 10.0. The maximum atomic E-state index is 14.0. The van der Waals surface area contributed by atoms with Crippen molar-refractivity contribution in [1.29, 1.82) is 0 Å². The summed E-state index contributed by atoms with van der Waals surface area (Å²) in [5.74, 6) is -2.85. The highest BCUT2D eigenvalue weighted by Gasteiger charge is 2.34. The van der Waals surface area contributed by atoms with Gasteiger partial charge in [-0.2, -0.15) is 13.2 Å². The number of hydrogen-bond donors (Lipinski definition) is 3. The van der Waals surface area contributed by atoms with E-state index in [-0.39, 0.29) is 30.5 Å².